The predicted octanol–water partition coefficient (Wildman–Crippen LogP) is 0.255. The molecule has 0 aromatic carbocycles. The molecule has 1 aliphatic heterocycles. The van der Waals surface area contributed by atoms with Crippen LogP contribution >= 0.6 is 0 Å². The molecule has 2 N–H and O–H groups in total. The molecule has 0 unspecified atom stereocenters. The van der Waals surface area contributed by atoms with E-state index in [1.165, 1.54) is 4.31 Å². The average molecular weight is 278 g/mol. The number of nitrogens with one attached hydrogen (secondary N) is 1. The van der Waals surface area contributed by atoms with Crippen molar-refractivity contribution in [3.8, 4) is 0 Å². The summed E-state index contributed by atoms with van der Waals surface area (Å²) in [6.45, 7) is 3.10. The first kappa shape index (κ1) is 15.4. The lowest BCUT2D eigenvalue weighted by atomic mass is 9.91. The van der Waals surface area contributed by atoms with Gasteiger partial charge in [0.15, 0.2) is 0 Å². The predicted molar refractivity (Wildman–Crippen MR) is 68.9 cm³/mol. The first-order valence-electron chi connectivity index (χ1n) is 6.18. The van der Waals surface area contributed by atoms with Crippen molar-refractivity contribution in [1.82, 2.24) is 9.62 Å². The van der Waals surface area contributed by atoms with Gasteiger partial charge in [-0.1, -0.05) is 0 Å². The van der Waals surface area contributed by atoms with Gasteiger partial charge >= 0.3 is 5.97 Å². The molecule has 1 aliphatic rings. The largest absolute Gasteiger partial charge is 0.481 e. The van der Waals surface area contributed by atoms with E-state index in [0.29, 0.717) is 13.1 Å². The summed E-state index contributed by atoms with van der Waals surface area (Å²) in [6.07, 6.45) is 1.64. The number of hydrogen-bond acceptors (Lipinski definition) is 4. The smallest absolute Gasteiger partial charge is 0.303 e. The number of sulfonamides is 1. The van der Waals surface area contributed by atoms with Crippen molar-refractivity contribution in [2.75, 3.05) is 25.9 Å². The van der Waals surface area contributed by atoms with Crippen LogP contribution < -0.4 is 5.32 Å². The fraction of sp³-hybridized carbons (Fsp3) is 0.909. The third kappa shape index (κ3) is 4.22. The molecular weight excluding hydrogens is 256 g/mol. The van der Waals surface area contributed by atoms with Gasteiger partial charge in [0.05, 0.1) is 5.75 Å². The van der Waals surface area contributed by atoms with Gasteiger partial charge in [0, 0.05) is 25.0 Å². The molecular formula is C11H22N2O4S. The van der Waals surface area contributed by atoms with Gasteiger partial charge in [-0.25, -0.2) is 12.7 Å². The Morgan fingerprint density at radius 3 is 2.39 bits per heavy atom. The number of carbonyl (C=O) groups is 1. The second-order valence-corrected chi connectivity index (χ2v) is 7.11. The quantitative estimate of drug-likeness (QED) is 0.727. The van der Waals surface area contributed by atoms with Crippen LogP contribution in [0.5, 0.6) is 0 Å². The topological polar surface area (TPSA) is 86.7 Å². The Morgan fingerprint density at radius 2 is 1.94 bits per heavy atom. The summed E-state index contributed by atoms with van der Waals surface area (Å²) in [4.78, 5) is 10.4. The zero-order valence-electron chi connectivity index (χ0n) is 11.0. The van der Waals surface area contributed by atoms with Gasteiger partial charge in [0.25, 0.3) is 0 Å². The molecule has 18 heavy (non-hydrogen) atoms. The van der Waals surface area contributed by atoms with Gasteiger partial charge in [-0.15, -0.1) is 0 Å². The van der Waals surface area contributed by atoms with Crippen molar-refractivity contribution in [2.24, 2.45) is 0 Å². The van der Waals surface area contributed by atoms with Crippen molar-refractivity contribution in [1.29, 1.82) is 0 Å². The minimum absolute atomic E-state index is 0.00703. The average Bonchev–Trinajstić information content (AvgIpc) is 2.29. The molecule has 0 aliphatic carbocycles. The van der Waals surface area contributed by atoms with Crippen LogP contribution in [-0.2, 0) is 14.8 Å². The van der Waals surface area contributed by atoms with E-state index in [0.717, 1.165) is 12.8 Å². The maximum atomic E-state index is 12.0. The van der Waals surface area contributed by atoms with Crippen molar-refractivity contribution in [3.05, 3.63) is 0 Å². The Morgan fingerprint density at radius 1 is 1.39 bits per heavy atom. The van der Waals surface area contributed by atoms with E-state index in [1.54, 1.807) is 0 Å². The number of rotatable bonds is 6. The number of carboxylic acids is 1. The third-order valence-electron chi connectivity index (χ3n) is 3.62. The Hall–Kier alpha value is -0.660. The Balaban J connectivity index is 2.48. The zero-order chi connectivity index (χ0) is 13.8. The first-order chi connectivity index (χ1) is 8.29. The number of carboxylic acid groups (broad SMARTS) is 1. The number of nitrogens with zero attached hydrogens (tertiary/aromatic N) is 1. The van der Waals surface area contributed by atoms with Crippen LogP contribution in [0.4, 0.5) is 0 Å². The second kappa shape index (κ2) is 5.99. The minimum Gasteiger partial charge on any atom is -0.481 e. The highest BCUT2D eigenvalue weighted by Crippen LogP contribution is 2.23. The van der Waals surface area contributed by atoms with E-state index in [1.807, 2.05) is 7.05 Å². The van der Waals surface area contributed by atoms with E-state index in [9.17, 15) is 13.2 Å². The minimum atomic E-state index is -3.30. The molecule has 0 radical (unpaired) electrons. The highest BCUT2D eigenvalue weighted by atomic mass is 32.2. The summed E-state index contributed by atoms with van der Waals surface area (Å²) < 4.78 is 25.4. The fourth-order valence-electron chi connectivity index (χ4n) is 2.04. The highest BCUT2D eigenvalue weighted by Gasteiger charge is 2.33. The van der Waals surface area contributed by atoms with Crippen LogP contribution in [0.3, 0.4) is 0 Å². The van der Waals surface area contributed by atoms with Crippen molar-refractivity contribution in [3.63, 3.8) is 0 Å². The summed E-state index contributed by atoms with van der Waals surface area (Å²) in [5.74, 6) is -1.03. The van der Waals surface area contributed by atoms with Gasteiger partial charge in [-0.05, 0) is 33.2 Å². The second-order valence-electron chi connectivity index (χ2n) is 5.02. The SMILES string of the molecule is CNC1(C)CCN(S(=O)(=O)CCCC(=O)O)CC1. The van der Waals surface area contributed by atoms with Crippen LogP contribution in [0.2, 0.25) is 0 Å². The Kier molecular flexibility index (Phi) is 5.12. The zero-order valence-corrected chi connectivity index (χ0v) is 11.8. The standard InChI is InChI=1S/C11H22N2O4S/c1-11(12-2)5-7-13(8-6-11)18(16,17)9-3-4-10(14)15/h12H,3-9H2,1-2H3,(H,14,15). The normalized spacial score (nSPS) is 20.8. The van der Waals surface area contributed by atoms with Gasteiger partial charge in [-0.2, -0.15) is 0 Å². The number of piperidine rings is 1. The Labute approximate surface area is 108 Å². The third-order valence-corrected chi connectivity index (χ3v) is 5.57. The lowest BCUT2D eigenvalue weighted by Gasteiger charge is -2.38. The molecule has 0 atom stereocenters. The molecule has 0 aromatic heterocycles. The van der Waals surface area contributed by atoms with E-state index in [-0.39, 0.29) is 24.1 Å². The van der Waals surface area contributed by atoms with Crippen LogP contribution in [-0.4, -0.2) is 55.2 Å². The van der Waals surface area contributed by atoms with E-state index in [4.69, 9.17) is 5.11 Å². The first-order valence-corrected chi connectivity index (χ1v) is 7.78. The molecule has 106 valence electrons. The maximum absolute atomic E-state index is 12.0. The molecule has 7 heteroatoms. The van der Waals surface area contributed by atoms with Crippen molar-refractivity contribution in [2.45, 2.75) is 38.1 Å². The summed E-state index contributed by atoms with van der Waals surface area (Å²) in [6, 6.07) is 0. The van der Waals surface area contributed by atoms with Crippen LogP contribution in [0.25, 0.3) is 0 Å². The Bertz CT molecular complexity index is 386. The van der Waals surface area contributed by atoms with Crippen molar-refractivity contribution < 1.29 is 18.3 Å². The van der Waals surface area contributed by atoms with E-state index >= 15 is 0 Å². The molecule has 1 heterocycles. The molecule has 0 bridgehead atoms. The van der Waals surface area contributed by atoms with Gasteiger partial charge in [0.1, 0.15) is 0 Å². The molecule has 1 rings (SSSR count). The van der Waals surface area contributed by atoms with Crippen LogP contribution in [0.1, 0.15) is 32.6 Å². The molecule has 0 amide bonds. The number of aliphatic carboxylic acids is 1. The molecule has 6 nitrogen and oxygen atoms in total. The summed E-state index contributed by atoms with van der Waals surface area (Å²) in [7, 11) is -1.41. The van der Waals surface area contributed by atoms with Gasteiger partial charge in [0.2, 0.25) is 10.0 Å². The molecule has 1 fully saturated rings. The van der Waals surface area contributed by atoms with Gasteiger partial charge < -0.3 is 10.4 Å². The summed E-state index contributed by atoms with van der Waals surface area (Å²) in [5.41, 5.74) is 0.00703. The monoisotopic (exact) mass is 278 g/mol. The number of hydrogen-bond donors (Lipinski definition) is 2. The summed E-state index contributed by atoms with van der Waals surface area (Å²) in [5, 5.41) is 11.7. The van der Waals surface area contributed by atoms with Crippen LogP contribution in [0, 0.1) is 0 Å². The summed E-state index contributed by atoms with van der Waals surface area (Å²) >= 11 is 0. The van der Waals surface area contributed by atoms with Crippen LogP contribution in [0.15, 0.2) is 0 Å². The molecule has 0 spiro atoms. The van der Waals surface area contributed by atoms with E-state index in [2.05, 4.69) is 12.2 Å². The molecule has 0 aromatic rings. The lowest BCUT2D eigenvalue weighted by molar-refractivity contribution is -0.137. The fourth-order valence-corrected chi connectivity index (χ4v) is 3.55. The highest BCUT2D eigenvalue weighted by molar-refractivity contribution is 7.89. The molecule has 1 saturated heterocycles. The molecule has 0 saturated carbocycles. The van der Waals surface area contributed by atoms with Crippen molar-refractivity contribution >= 4 is 16.0 Å². The lowest BCUT2D eigenvalue weighted by Crippen LogP contribution is -2.51. The maximum Gasteiger partial charge on any atom is 0.303 e. The van der Waals surface area contributed by atoms with Gasteiger partial charge in [-0.3, -0.25) is 4.79 Å². The van der Waals surface area contributed by atoms with E-state index < -0.39 is 16.0 Å².